The van der Waals surface area contributed by atoms with E-state index >= 15 is 0 Å². The third-order valence-electron chi connectivity index (χ3n) is 2.81. The van der Waals surface area contributed by atoms with Crippen LogP contribution in [-0.2, 0) is 6.54 Å². The van der Waals surface area contributed by atoms with Crippen LogP contribution in [0.3, 0.4) is 0 Å². The van der Waals surface area contributed by atoms with Crippen LogP contribution in [0.1, 0.15) is 11.3 Å². The Balaban J connectivity index is 1.78. The van der Waals surface area contributed by atoms with Crippen LogP contribution in [0.25, 0.3) is 0 Å². The number of nitrogens with one attached hydrogen (secondary N) is 1. The summed E-state index contributed by atoms with van der Waals surface area (Å²) in [5, 5.41) is 3.25. The van der Waals surface area contributed by atoms with Crippen LogP contribution in [0.15, 0.2) is 30.6 Å². The number of anilines is 1. The minimum absolute atomic E-state index is 0.288. The maximum absolute atomic E-state index is 5.45. The molecule has 3 rings (SSSR count). The monoisotopic (exact) mass is 243 g/mol. The predicted molar refractivity (Wildman–Crippen MR) is 66.7 cm³/mol. The third-order valence-corrected chi connectivity index (χ3v) is 2.81. The Morgan fingerprint density at radius 2 is 2.11 bits per heavy atom. The first-order valence-electron chi connectivity index (χ1n) is 5.73. The molecule has 2 heterocycles. The number of aryl methyl sites for hydroxylation is 1. The van der Waals surface area contributed by atoms with Gasteiger partial charge < -0.3 is 14.8 Å². The van der Waals surface area contributed by atoms with Gasteiger partial charge in [0.1, 0.15) is 5.82 Å². The molecule has 0 spiro atoms. The molecule has 0 bridgehead atoms. The summed E-state index contributed by atoms with van der Waals surface area (Å²) in [5.74, 6) is 2.39. The first kappa shape index (κ1) is 10.8. The summed E-state index contributed by atoms with van der Waals surface area (Å²) in [4.78, 5) is 8.42. The SMILES string of the molecule is Cc1nccnc1NCc1cccc2c1OCO2. The zero-order chi connectivity index (χ0) is 12.4. The third kappa shape index (κ3) is 1.95. The van der Waals surface area contributed by atoms with E-state index in [-0.39, 0.29) is 6.79 Å². The van der Waals surface area contributed by atoms with Crippen molar-refractivity contribution in [3.05, 3.63) is 41.9 Å². The van der Waals surface area contributed by atoms with E-state index < -0.39 is 0 Å². The van der Waals surface area contributed by atoms with E-state index in [4.69, 9.17) is 9.47 Å². The van der Waals surface area contributed by atoms with Gasteiger partial charge in [0, 0.05) is 24.5 Å². The second-order valence-electron chi connectivity index (χ2n) is 3.99. The van der Waals surface area contributed by atoms with Gasteiger partial charge in [-0.05, 0) is 13.0 Å². The number of benzene rings is 1. The molecule has 2 aromatic rings. The smallest absolute Gasteiger partial charge is 0.231 e. The van der Waals surface area contributed by atoms with Gasteiger partial charge in [0.2, 0.25) is 6.79 Å². The van der Waals surface area contributed by atoms with Gasteiger partial charge >= 0.3 is 0 Å². The average Bonchev–Trinajstić information content (AvgIpc) is 2.86. The molecular formula is C13H13N3O2. The lowest BCUT2D eigenvalue weighted by molar-refractivity contribution is 0.173. The number of nitrogens with zero attached hydrogens (tertiary/aromatic N) is 2. The maximum Gasteiger partial charge on any atom is 0.231 e. The van der Waals surface area contributed by atoms with E-state index in [1.807, 2.05) is 25.1 Å². The number of para-hydroxylation sites is 1. The molecule has 0 atom stereocenters. The van der Waals surface area contributed by atoms with Crippen LogP contribution >= 0.6 is 0 Å². The van der Waals surface area contributed by atoms with Gasteiger partial charge in [-0.25, -0.2) is 4.98 Å². The number of aromatic nitrogens is 2. The second-order valence-corrected chi connectivity index (χ2v) is 3.99. The molecule has 18 heavy (non-hydrogen) atoms. The first-order chi connectivity index (χ1) is 8.84. The average molecular weight is 243 g/mol. The fraction of sp³-hybridized carbons (Fsp3) is 0.231. The molecule has 1 aliphatic heterocycles. The van der Waals surface area contributed by atoms with E-state index in [1.54, 1.807) is 12.4 Å². The Morgan fingerprint density at radius 1 is 1.22 bits per heavy atom. The molecule has 0 fully saturated rings. The Morgan fingerprint density at radius 3 is 3.00 bits per heavy atom. The van der Waals surface area contributed by atoms with Crippen LogP contribution in [0.2, 0.25) is 0 Å². The lowest BCUT2D eigenvalue weighted by Crippen LogP contribution is -2.04. The van der Waals surface area contributed by atoms with Crippen molar-refractivity contribution in [1.82, 2.24) is 9.97 Å². The lowest BCUT2D eigenvalue weighted by atomic mass is 10.2. The zero-order valence-corrected chi connectivity index (χ0v) is 10.0. The molecule has 0 radical (unpaired) electrons. The molecule has 5 heteroatoms. The first-order valence-corrected chi connectivity index (χ1v) is 5.73. The van der Waals surface area contributed by atoms with Crippen molar-refractivity contribution in [2.75, 3.05) is 12.1 Å². The van der Waals surface area contributed by atoms with Crippen molar-refractivity contribution >= 4 is 5.82 Å². The molecule has 0 saturated heterocycles. The molecule has 0 amide bonds. The Bertz CT molecular complexity index is 572. The standard InChI is InChI=1S/C13H13N3O2/c1-9-13(15-6-5-14-9)16-7-10-3-2-4-11-12(10)18-8-17-11/h2-6H,7-8H2,1H3,(H,15,16). The summed E-state index contributed by atoms with van der Waals surface area (Å²) in [6.07, 6.45) is 3.35. The maximum atomic E-state index is 5.45. The van der Waals surface area contributed by atoms with E-state index in [9.17, 15) is 0 Å². The number of hydrogen-bond acceptors (Lipinski definition) is 5. The van der Waals surface area contributed by atoms with Crippen LogP contribution in [0.5, 0.6) is 11.5 Å². The summed E-state index contributed by atoms with van der Waals surface area (Å²) in [6.45, 7) is 2.84. The number of ether oxygens (including phenoxy) is 2. The van der Waals surface area contributed by atoms with Gasteiger partial charge in [-0.3, -0.25) is 4.98 Å². The lowest BCUT2D eigenvalue weighted by Gasteiger charge is -2.09. The predicted octanol–water partition coefficient (Wildman–Crippen LogP) is 2.13. The van der Waals surface area contributed by atoms with Gasteiger partial charge in [-0.2, -0.15) is 0 Å². The van der Waals surface area contributed by atoms with Crippen LogP contribution in [-0.4, -0.2) is 16.8 Å². The molecule has 1 N–H and O–H groups in total. The highest BCUT2D eigenvalue weighted by Crippen LogP contribution is 2.35. The summed E-state index contributed by atoms with van der Waals surface area (Å²) in [5.41, 5.74) is 1.93. The molecule has 1 aromatic heterocycles. The Labute approximate surface area is 105 Å². The number of hydrogen-bond donors (Lipinski definition) is 1. The molecule has 1 aliphatic rings. The normalized spacial score (nSPS) is 12.5. The fourth-order valence-electron chi connectivity index (χ4n) is 1.89. The topological polar surface area (TPSA) is 56.3 Å². The van der Waals surface area contributed by atoms with Crippen molar-refractivity contribution < 1.29 is 9.47 Å². The second kappa shape index (κ2) is 4.52. The minimum Gasteiger partial charge on any atom is -0.454 e. The summed E-state index contributed by atoms with van der Waals surface area (Å²) >= 11 is 0. The largest absolute Gasteiger partial charge is 0.454 e. The van der Waals surface area contributed by atoms with E-state index in [1.165, 1.54) is 0 Å². The summed E-state index contributed by atoms with van der Waals surface area (Å²) < 4.78 is 10.8. The van der Waals surface area contributed by atoms with E-state index in [0.29, 0.717) is 6.54 Å². The summed E-state index contributed by atoms with van der Waals surface area (Å²) in [7, 11) is 0. The van der Waals surface area contributed by atoms with Crippen molar-refractivity contribution in [2.45, 2.75) is 13.5 Å². The molecule has 1 aromatic carbocycles. The highest BCUT2D eigenvalue weighted by atomic mass is 16.7. The number of rotatable bonds is 3. The van der Waals surface area contributed by atoms with Crippen LogP contribution < -0.4 is 14.8 Å². The highest BCUT2D eigenvalue weighted by molar-refractivity contribution is 5.50. The van der Waals surface area contributed by atoms with E-state index in [0.717, 1.165) is 28.6 Å². The van der Waals surface area contributed by atoms with Crippen molar-refractivity contribution in [3.63, 3.8) is 0 Å². The molecule has 0 unspecified atom stereocenters. The van der Waals surface area contributed by atoms with Gasteiger partial charge in [0.15, 0.2) is 11.5 Å². The van der Waals surface area contributed by atoms with Gasteiger partial charge in [0.25, 0.3) is 0 Å². The van der Waals surface area contributed by atoms with Gasteiger partial charge in [-0.1, -0.05) is 12.1 Å². The van der Waals surface area contributed by atoms with Crippen molar-refractivity contribution in [2.24, 2.45) is 0 Å². The van der Waals surface area contributed by atoms with Crippen molar-refractivity contribution in [3.8, 4) is 11.5 Å². The Hall–Kier alpha value is -2.30. The van der Waals surface area contributed by atoms with Crippen LogP contribution in [0.4, 0.5) is 5.82 Å². The van der Waals surface area contributed by atoms with Crippen molar-refractivity contribution in [1.29, 1.82) is 0 Å². The van der Waals surface area contributed by atoms with Gasteiger partial charge in [-0.15, -0.1) is 0 Å². The van der Waals surface area contributed by atoms with E-state index in [2.05, 4.69) is 15.3 Å². The molecular weight excluding hydrogens is 230 g/mol. The minimum atomic E-state index is 0.288. The van der Waals surface area contributed by atoms with Crippen LogP contribution in [0, 0.1) is 6.92 Å². The van der Waals surface area contributed by atoms with Gasteiger partial charge in [0.05, 0.1) is 5.69 Å². The zero-order valence-electron chi connectivity index (χ0n) is 10.0. The molecule has 5 nitrogen and oxygen atoms in total. The number of fused-ring (bicyclic) bond motifs is 1. The highest BCUT2D eigenvalue weighted by Gasteiger charge is 2.16. The molecule has 0 aliphatic carbocycles. The fourth-order valence-corrected chi connectivity index (χ4v) is 1.89. The summed E-state index contributed by atoms with van der Waals surface area (Å²) in [6, 6.07) is 5.86. The molecule has 92 valence electrons. The molecule has 0 saturated carbocycles. The Kier molecular flexibility index (Phi) is 2.72. The quantitative estimate of drug-likeness (QED) is 0.894.